The summed E-state index contributed by atoms with van der Waals surface area (Å²) in [5.74, 6) is 3.07. The van der Waals surface area contributed by atoms with Crippen LogP contribution < -0.4 is 9.64 Å². The number of anilines is 1. The molecule has 5 aromatic rings. The van der Waals surface area contributed by atoms with Crippen LogP contribution in [0.1, 0.15) is 49.3 Å². The van der Waals surface area contributed by atoms with Crippen molar-refractivity contribution in [1.29, 1.82) is 0 Å². The molecule has 202 valence electrons. The summed E-state index contributed by atoms with van der Waals surface area (Å²) in [6, 6.07) is 8.12. The number of aromatic amines is 2. The Morgan fingerprint density at radius 3 is 2.62 bits per heavy atom. The van der Waals surface area contributed by atoms with Crippen molar-refractivity contribution in [1.82, 2.24) is 34.7 Å². The normalized spacial score (nSPS) is 14.6. The molecule has 0 bridgehead atoms. The van der Waals surface area contributed by atoms with E-state index in [1.54, 1.807) is 0 Å². The molecule has 0 atom stereocenters. The highest BCUT2D eigenvalue weighted by Gasteiger charge is 2.26. The van der Waals surface area contributed by atoms with Crippen LogP contribution in [0, 0.1) is 13.8 Å². The Labute approximate surface area is 224 Å². The van der Waals surface area contributed by atoms with Gasteiger partial charge in [0.05, 0.1) is 29.6 Å². The number of rotatable bonds is 7. The molecule has 9 nitrogen and oxygen atoms in total. The standard InChI is InChI=1S/C28H30F2N8O/c1-4-39-23-6-5-19(11-16(23)2)24-17(3)34-25(36-24)18-7-9-37(10-8-18)27-21-12-22(35-26(21)31-15-32-27)20-13-33-38(14-20)28(29)30/h5-6,11-15,18,28H,4,7-10H2,1-3H3,(H,34,36)(H,31,32,35). The largest absolute Gasteiger partial charge is 0.494 e. The monoisotopic (exact) mass is 532 g/mol. The number of alkyl halides is 2. The summed E-state index contributed by atoms with van der Waals surface area (Å²) in [5, 5.41) is 4.60. The SMILES string of the molecule is CCOc1ccc(-c2nc(C3CCN(c4ncnc5[nH]c(-c6cnn(C(F)F)c6)cc45)CC3)[nH]c2C)cc1C. The number of nitrogens with zero attached hydrogens (tertiary/aromatic N) is 6. The number of piperidine rings is 1. The van der Waals surface area contributed by atoms with Crippen molar-refractivity contribution in [3.05, 3.63) is 60.1 Å². The summed E-state index contributed by atoms with van der Waals surface area (Å²) < 4.78 is 32.3. The molecule has 6 rings (SSSR count). The number of benzene rings is 1. The number of aromatic nitrogens is 7. The van der Waals surface area contributed by atoms with E-state index in [9.17, 15) is 8.78 Å². The fraction of sp³-hybridized carbons (Fsp3) is 0.357. The molecule has 4 aromatic heterocycles. The third kappa shape index (κ3) is 4.73. The minimum absolute atomic E-state index is 0.316. The van der Waals surface area contributed by atoms with Gasteiger partial charge in [-0.25, -0.2) is 19.6 Å². The maximum atomic E-state index is 13.0. The van der Waals surface area contributed by atoms with Gasteiger partial charge in [0.15, 0.2) is 0 Å². The fourth-order valence-corrected chi connectivity index (χ4v) is 5.35. The van der Waals surface area contributed by atoms with E-state index in [-0.39, 0.29) is 0 Å². The number of H-pyrrole nitrogens is 2. The molecule has 1 fully saturated rings. The quantitative estimate of drug-likeness (QED) is 0.266. The Balaban J connectivity index is 1.19. The van der Waals surface area contributed by atoms with Crippen molar-refractivity contribution in [2.75, 3.05) is 24.6 Å². The molecule has 0 unspecified atom stereocenters. The molecular formula is C28H30F2N8O. The molecule has 0 radical (unpaired) electrons. The van der Waals surface area contributed by atoms with Gasteiger partial charge >= 0.3 is 6.55 Å². The smallest absolute Gasteiger partial charge is 0.333 e. The third-order valence-corrected chi connectivity index (χ3v) is 7.35. The van der Waals surface area contributed by atoms with Crippen LogP contribution in [0.15, 0.2) is 43.0 Å². The van der Waals surface area contributed by atoms with Crippen LogP contribution >= 0.6 is 0 Å². The van der Waals surface area contributed by atoms with Crippen molar-refractivity contribution < 1.29 is 13.5 Å². The van der Waals surface area contributed by atoms with Crippen LogP contribution in [-0.2, 0) is 0 Å². The molecule has 1 aliphatic heterocycles. The number of halogens is 2. The van der Waals surface area contributed by atoms with E-state index >= 15 is 0 Å². The van der Waals surface area contributed by atoms with Crippen LogP contribution in [0.5, 0.6) is 5.75 Å². The van der Waals surface area contributed by atoms with Crippen molar-refractivity contribution in [2.45, 2.75) is 46.1 Å². The van der Waals surface area contributed by atoms with Gasteiger partial charge in [-0.05, 0) is 63.4 Å². The average Bonchev–Trinajstić information content (AvgIpc) is 3.68. The molecule has 0 saturated carbocycles. The van der Waals surface area contributed by atoms with Crippen LogP contribution in [0.25, 0.3) is 33.5 Å². The van der Waals surface area contributed by atoms with Crippen LogP contribution in [0.4, 0.5) is 14.6 Å². The van der Waals surface area contributed by atoms with Crippen LogP contribution in [0.2, 0.25) is 0 Å². The zero-order chi connectivity index (χ0) is 27.1. The van der Waals surface area contributed by atoms with E-state index in [0.29, 0.717) is 34.1 Å². The molecule has 1 aliphatic rings. The molecule has 1 aromatic carbocycles. The number of hydrogen-bond donors (Lipinski definition) is 2. The molecule has 0 aliphatic carbocycles. The lowest BCUT2D eigenvalue weighted by Crippen LogP contribution is -2.33. The first-order valence-corrected chi connectivity index (χ1v) is 13.1. The van der Waals surface area contributed by atoms with Gasteiger partial charge in [-0.2, -0.15) is 13.9 Å². The minimum Gasteiger partial charge on any atom is -0.494 e. The molecule has 0 spiro atoms. The lowest BCUT2D eigenvalue weighted by Gasteiger charge is -2.32. The highest BCUT2D eigenvalue weighted by molar-refractivity contribution is 5.91. The maximum absolute atomic E-state index is 13.0. The predicted octanol–water partition coefficient (Wildman–Crippen LogP) is 6.01. The fourth-order valence-electron chi connectivity index (χ4n) is 5.35. The number of fused-ring (bicyclic) bond motifs is 1. The highest BCUT2D eigenvalue weighted by atomic mass is 19.3. The average molecular weight is 533 g/mol. The Hall–Kier alpha value is -4.28. The molecule has 1 saturated heterocycles. The van der Waals surface area contributed by atoms with Gasteiger partial charge in [0, 0.05) is 42.0 Å². The van der Waals surface area contributed by atoms with Gasteiger partial charge in [-0.15, -0.1) is 0 Å². The first-order chi connectivity index (χ1) is 18.9. The Morgan fingerprint density at radius 2 is 1.90 bits per heavy atom. The number of hydrogen-bond acceptors (Lipinski definition) is 6. The van der Waals surface area contributed by atoms with Crippen LogP contribution in [-0.4, -0.2) is 54.4 Å². The lowest BCUT2D eigenvalue weighted by atomic mass is 9.96. The van der Waals surface area contributed by atoms with E-state index in [1.165, 1.54) is 18.7 Å². The molecule has 5 heterocycles. The lowest BCUT2D eigenvalue weighted by molar-refractivity contribution is 0.0566. The summed E-state index contributed by atoms with van der Waals surface area (Å²) >= 11 is 0. The maximum Gasteiger partial charge on any atom is 0.333 e. The van der Waals surface area contributed by atoms with E-state index in [0.717, 1.165) is 71.2 Å². The summed E-state index contributed by atoms with van der Waals surface area (Å²) in [5.41, 5.74) is 6.13. The summed E-state index contributed by atoms with van der Waals surface area (Å²) in [6.07, 6.45) is 6.14. The second-order valence-electron chi connectivity index (χ2n) is 9.90. The number of nitrogens with one attached hydrogen (secondary N) is 2. The summed E-state index contributed by atoms with van der Waals surface area (Å²) in [7, 11) is 0. The van der Waals surface area contributed by atoms with E-state index in [1.807, 2.05) is 19.1 Å². The number of ether oxygens (including phenoxy) is 1. The van der Waals surface area contributed by atoms with Crippen molar-refractivity contribution in [2.24, 2.45) is 0 Å². The molecule has 11 heteroatoms. The highest BCUT2D eigenvalue weighted by Crippen LogP contribution is 2.35. The Kier molecular flexibility index (Phi) is 6.49. The van der Waals surface area contributed by atoms with Gasteiger partial charge < -0.3 is 19.6 Å². The Morgan fingerprint density at radius 1 is 1.08 bits per heavy atom. The molecule has 0 amide bonds. The minimum atomic E-state index is -2.68. The second kappa shape index (κ2) is 10.1. The zero-order valence-electron chi connectivity index (χ0n) is 22.1. The van der Waals surface area contributed by atoms with Gasteiger partial charge in [-0.1, -0.05) is 0 Å². The summed E-state index contributed by atoms with van der Waals surface area (Å²) in [6.45, 7) is 5.71. The number of imidazole rings is 1. The topological polar surface area (TPSA) is 101 Å². The van der Waals surface area contributed by atoms with Gasteiger partial charge in [0.1, 0.15) is 29.4 Å². The van der Waals surface area contributed by atoms with E-state index in [2.05, 4.69) is 55.9 Å². The molecule has 2 N–H and O–H groups in total. The second-order valence-corrected chi connectivity index (χ2v) is 9.90. The predicted molar refractivity (Wildman–Crippen MR) is 145 cm³/mol. The van der Waals surface area contributed by atoms with Crippen molar-refractivity contribution in [3.8, 4) is 28.3 Å². The molecular weight excluding hydrogens is 502 g/mol. The van der Waals surface area contributed by atoms with Gasteiger partial charge in [0.25, 0.3) is 0 Å². The molecule has 39 heavy (non-hydrogen) atoms. The zero-order valence-corrected chi connectivity index (χ0v) is 22.1. The van der Waals surface area contributed by atoms with Crippen LogP contribution in [0.3, 0.4) is 0 Å². The number of aryl methyl sites for hydroxylation is 2. The van der Waals surface area contributed by atoms with Crippen molar-refractivity contribution >= 4 is 16.9 Å². The van der Waals surface area contributed by atoms with Crippen molar-refractivity contribution in [3.63, 3.8) is 0 Å². The van der Waals surface area contributed by atoms with Gasteiger partial charge in [-0.3, -0.25) is 0 Å². The van der Waals surface area contributed by atoms with Gasteiger partial charge in [0.2, 0.25) is 0 Å². The third-order valence-electron chi connectivity index (χ3n) is 7.35. The van der Waals surface area contributed by atoms with E-state index in [4.69, 9.17) is 9.72 Å². The Bertz CT molecular complexity index is 1610. The van der Waals surface area contributed by atoms with E-state index < -0.39 is 6.55 Å². The first-order valence-electron chi connectivity index (χ1n) is 13.1. The first kappa shape index (κ1) is 25.0. The summed E-state index contributed by atoms with van der Waals surface area (Å²) in [4.78, 5) is 23.0.